The lowest BCUT2D eigenvalue weighted by Crippen LogP contribution is -2.29. The third-order valence-electron chi connectivity index (χ3n) is 5.48. The van der Waals surface area contributed by atoms with Crippen LogP contribution in [0.25, 0.3) is 5.76 Å². The number of anilines is 1. The maximum atomic E-state index is 13.2. The van der Waals surface area contributed by atoms with Crippen LogP contribution in [0.4, 0.5) is 5.69 Å². The Kier molecular flexibility index (Phi) is 6.38. The number of amides is 1. The average molecular weight is 506 g/mol. The number of benzene rings is 3. The van der Waals surface area contributed by atoms with Crippen LogP contribution in [0.5, 0.6) is 5.75 Å². The molecule has 0 bridgehead atoms. The van der Waals surface area contributed by atoms with Crippen molar-refractivity contribution in [2.24, 2.45) is 0 Å². The molecule has 3 aromatic carbocycles. The quantitative estimate of drug-likeness (QED) is 0.255. The highest BCUT2D eigenvalue weighted by Gasteiger charge is 2.46. The van der Waals surface area contributed by atoms with Crippen molar-refractivity contribution >= 4 is 39.1 Å². The fourth-order valence-electron chi connectivity index (χ4n) is 3.99. The Morgan fingerprint density at radius 2 is 1.67 bits per heavy atom. The van der Waals surface area contributed by atoms with Crippen molar-refractivity contribution in [3.63, 3.8) is 0 Å². The zero-order valence-corrected chi connectivity index (χ0v) is 20.2. The van der Waals surface area contributed by atoms with E-state index in [1.54, 1.807) is 30.3 Å². The number of rotatable bonds is 5. The van der Waals surface area contributed by atoms with Gasteiger partial charge < -0.3 is 9.84 Å². The van der Waals surface area contributed by atoms with Gasteiger partial charge in [-0.2, -0.15) is 0 Å². The maximum absolute atomic E-state index is 13.2. The van der Waals surface area contributed by atoms with Crippen molar-refractivity contribution in [2.45, 2.75) is 32.9 Å². The Labute approximate surface area is 201 Å². The number of carbonyl (C=O) groups excluding carboxylic acids is 2. The zero-order chi connectivity index (χ0) is 23.7. The number of hydrogen-bond donors (Lipinski definition) is 1. The molecule has 0 aliphatic carbocycles. The van der Waals surface area contributed by atoms with Crippen LogP contribution in [-0.4, -0.2) is 22.9 Å². The van der Waals surface area contributed by atoms with Gasteiger partial charge in [0, 0.05) is 15.7 Å². The molecule has 0 radical (unpaired) electrons. The van der Waals surface area contributed by atoms with Gasteiger partial charge in [0.25, 0.3) is 11.7 Å². The molecule has 1 atom stereocenters. The second-order valence-electron chi connectivity index (χ2n) is 8.20. The average Bonchev–Trinajstić information content (AvgIpc) is 3.06. The molecular weight excluding hydrogens is 482 g/mol. The summed E-state index contributed by atoms with van der Waals surface area (Å²) in [4.78, 5) is 27.8. The predicted molar refractivity (Wildman–Crippen MR) is 132 cm³/mol. The minimum Gasteiger partial charge on any atom is -0.507 e. The third-order valence-corrected chi connectivity index (χ3v) is 6.00. The molecule has 1 unspecified atom stereocenters. The van der Waals surface area contributed by atoms with Crippen LogP contribution in [0.15, 0.2) is 82.8 Å². The number of para-hydroxylation sites is 1. The molecule has 1 saturated heterocycles. The van der Waals surface area contributed by atoms with Crippen molar-refractivity contribution in [1.29, 1.82) is 0 Å². The molecule has 0 saturated carbocycles. The number of ketones is 1. The SMILES string of the molecule is Cc1cc(/C(O)=C2/C(=O)C(=O)N(c3ccccc3)C2c2ccc(Br)cc2)ccc1OC(C)C. The van der Waals surface area contributed by atoms with E-state index in [0.29, 0.717) is 17.0 Å². The lowest BCUT2D eigenvalue weighted by molar-refractivity contribution is -0.132. The molecule has 3 aromatic rings. The molecule has 1 aliphatic rings. The van der Waals surface area contributed by atoms with E-state index in [4.69, 9.17) is 4.74 Å². The predicted octanol–water partition coefficient (Wildman–Crippen LogP) is 6.17. The molecule has 33 heavy (non-hydrogen) atoms. The van der Waals surface area contributed by atoms with E-state index in [9.17, 15) is 14.7 Å². The van der Waals surface area contributed by atoms with Crippen molar-refractivity contribution in [3.05, 3.63) is 99.5 Å². The van der Waals surface area contributed by atoms with Crippen LogP contribution >= 0.6 is 15.9 Å². The van der Waals surface area contributed by atoms with Crippen LogP contribution in [-0.2, 0) is 9.59 Å². The number of aryl methyl sites for hydroxylation is 1. The highest BCUT2D eigenvalue weighted by Crippen LogP contribution is 2.42. The third kappa shape index (κ3) is 4.44. The van der Waals surface area contributed by atoms with Gasteiger partial charge in [-0.25, -0.2) is 0 Å². The fraction of sp³-hybridized carbons (Fsp3) is 0.185. The summed E-state index contributed by atoms with van der Waals surface area (Å²) in [5, 5.41) is 11.3. The largest absolute Gasteiger partial charge is 0.507 e. The van der Waals surface area contributed by atoms with Gasteiger partial charge in [0.05, 0.1) is 17.7 Å². The first-order valence-electron chi connectivity index (χ1n) is 10.7. The van der Waals surface area contributed by atoms with Crippen molar-refractivity contribution < 1.29 is 19.4 Å². The number of ether oxygens (including phenoxy) is 1. The van der Waals surface area contributed by atoms with E-state index >= 15 is 0 Å². The Morgan fingerprint density at radius 1 is 1.00 bits per heavy atom. The monoisotopic (exact) mass is 505 g/mol. The highest BCUT2D eigenvalue weighted by molar-refractivity contribution is 9.10. The summed E-state index contributed by atoms with van der Waals surface area (Å²) in [7, 11) is 0. The molecule has 5 nitrogen and oxygen atoms in total. The number of nitrogens with zero attached hydrogens (tertiary/aromatic N) is 1. The summed E-state index contributed by atoms with van der Waals surface area (Å²) in [6.07, 6.45) is 0.0109. The van der Waals surface area contributed by atoms with Gasteiger partial charge >= 0.3 is 0 Å². The lowest BCUT2D eigenvalue weighted by atomic mass is 9.94. The van der Waals surface area contributed by atoms with Crippen LogP contribution in [0.1, 0.15) is 36.6 Å². The van der Waals surface area contributed by atoms with Crippen molar-refractivity contribution in [1.82, 2.24) is 0 Å². The number of halogens is 1. The summed E-state index contributed by atoms with van der Waals surface area (Å²) in [6.45, 7) is 5.76. The maximum Gasteiger partial charge on any atom is 0.300 e. The highest BCUT2D eigenvalue weighted by atomic mass is 79.9. The Morgan fingerprint density at radius 3 is 2.27 bits per heavy atom. The van der Waals surface area contributed by atoms with Gasteiger partial charge in [-0.15, -0.1) is 0 Å². The molecule has 6 heteroatoms. The van der Waals surface area contributed by atoms with Crippen molar-refractivity contribution in [2.75, 3.05) is 4.90 Å². The van der Waals surface area contributed by atoms with E-state index < -0.39 is 17.7 Å². The first-order valence-corrected chi connectivity index (χ1v) is 11.5. The van der Waals surface area contributed by atoms with E-state index in [1.807, 2.05) is 63.2 Å². The number of hydrogen-bond acceptors (Lipinski definition) is 4. The summed E-state index contributed by atoms with van der Waals surface area (Å²) >= 11 is 3.43. The minimum atomic E-state index is -0.757. The Balaban J connectivity index is 1.88. The summed E-state index contributed by atoms with van der Waals surface area (Å²) < 4.78 is 6.66. The van der Waals surface area contributed by atoms with Gasteiger partial charge in [0.2, 0.25) is 0 Å². The van der Waals surface area contributed by atoms with Crippen LogP contribution < -0.4 is 9.64 Å². The smallest absolute Gasteiger partial charge is 0.300 e. The van der Waals surface area contributed by atoms with E-state index in [-0.39, 0.29) is 17.4 Å². The molecule has 168 valence electrons. The van der Waals surface area contributed by atoms with Gasteiger partial charge in [0.1, 0.15) is 11.5 Å². The number of aliphatic hydroxyl groups is 1. The molecule has 0 aromatic heterocycles. The van der Waals surface area contributed by atoms with Gasteiger partial charge in [0.15, 0.2) is 0 Å². The van der Waals surface area contributed by atoms with Gasteiger partial charge in [-0.05, 0) is 74.4 Å². The van der Waals surface area contributed by atoms with Crippen molar-refractivity contribution in [3.8, 4) is 5.75 Å². The molecule has 1 amide bonds. The van der Waals surface area contributed by atoms with Gasteiger partial charge in [-0.3, -0.25) is 14.5 Å². The van der Waals surface area contributed by atoms with Crippen LogP contribution in [0.2, 0.25) is 0 Å². The first-order chi connectivity index (χ1) is 15.8. The lowest BCUT2D eigenvalue weighted by Gasteiger charge is -2.25. The first kappa shape index (κ1) is 22.8. The fourth-order valence-corrected chi connectivity index (χ4v) is 4.25. The molecular formula is C27H24BrNO4. The molecule has 1 fully saturated rings. The van der Waals surface area contributed by atoms with E-state index in [2.05, 4.69) is 15.9 Å². The van der Waals surface area contributed by atoms with E-state index in [0.717, 1.165) is 15.6 Å². The minimum absolute atomic E-state index is 0.0109. The van der Waals surface area contributed by atoms with Crippen LogP contribution in [0.3, 0.4) is 0 Å². The van der Waals surface area contributed by atoms with E-state index in [1.165, 1.54) is 4.90 Å². The topological polar surface area (TPSA) is 66.8 Å². The molecule has 1 aliphatic heterocycles. The normalized spacial score (nSPS) is 17.6. The zero-order valence-electron chi connectivity index (χ0n) is 18.6. The standard InChI is InChI=1S/C27H24BrNO4/c1-16(2)33-22-14-11-19(15-17(22)3)25(30)23-24(18-9-12-20(28)13-10-18)29(27(32)26(23)31)21-7-5-4-6-8-21/h4-16,24,30H,1-3H3/b25-23-. The summed E-state index contributed by atoms with van der Waals surface area (Å²) in [5.74, 6) is -0.897. The number of Topliss-reactive ketones (excluding diaryl/α,β-unsaturated/α-hetero) is 1. The number of aliphatic hydroxyl groups excluding tert-OH is 1. The molecule has 0 spiro atoms. The summed E-state index contributed by atoms with van der Waals surface area (Å²) in [5.41, 5.74) is 2.65. The molecule has 1 N–H and O–H groups in total. The van der Waals surface area contributed by atoms with Gasteiger partial charge in [-0.1, -0.05) is 46.3 Å². The molecule has 4 rings (SSSR count). The Hall–Kier alpha value is -3.38. The second kappa shape index (κ2) is 9.24. The summed E-state index contributed by atoms with van der Waals surface area (Å²) in [6, 6.07) is 20.9. The Bertz CT molecular complexity index is 1230. The number of carbonyl (C=O) groups is 2. The second-order valence-corrected chi connectivity index (χ2v) is 9.12. The van der Waals surface area contributed by atoms with Crippen LogP contribution in [0, 0.1) is 6.92 Å². The molecule has 1 heterocycles.